The van der Waals surface area contributed by atoms with Gasteiger partial charge in [0.05, 0.1) is 6.10 Å². The summed E-state index contributed by atoms with van der Waals surface area (Å²) in [6, 6.07) is 15.4. The summed E-state index contributed by atoms with van der Waals surface area (Å²) < 4.78 is 6.05. The maximum absolute atomic E-state index is 12.4. The van der Waals surface area contributed by atoms with Gasteiger partial charge in [-0.25, -0.2) is 0 Å². The van der Waals surface area contributed by atoms with Crippen molar-refractivity contribution in [3.05, 3.63) is 54.1 Å². The smallest absolute Gasteiger partial charge is 0.227 e. The summed E-state index contributed by atoms with van der Waals surface area (Å²) in [5.41, 5.74) is 2.51. The van der Waals surface area contributed by atoms with Gasteiger partial charge < -0.3 is 15.4 Å². The summed E-state index contributed by atoms with van der Waals surface area (Å²) in [5, 5.41) is 5.83. The second-order valence-corrected chi connectivity index (χ2v) is 8.06. The van der Waals surface area contributed by atoms with Crippen LogP contribution in [0.2, 0.25) is 0 Å². The minimum atomic E-state index is -0.0437. The lowest BCUT2D eigenvalue weighted by Crippen LogP contribution is -2.15. The molecule has 0 heterocycles. The number of carbonyl (C=O) groups is 2. The zero-order valence-corrected chi connectivity index (χ0v) is 16.7. The second-order valence-electron chi connectivity index (χ2n) is 8.06. The predicted molar refractivity (Wildman–Crippen MR) is 114 cm³/mol. The largest absolute Gasteiger partial charge is 0.490 e. The Morgan fingerprint density at radius 1 is 0.897 bits per heavy atom. The molecule has 2 aliphatic rings. The highest BCUT2D eigenvalue weighted by molar-refractivity contribution is 5.96. The molecule has 0 spiro atoms. The number of benzene rings is 2. The van der Waals surface area contributed by atoms with Crippen LogP contribution in [0.1, 0.15) is 50.5 Å². The van der Waals surface area contributed by atoms with Crippen LogP contribution >= 0.6 is 0 Å². The summed E-state index contributed by atoms with van der Waals surface area (Å²) in [6.45, 7) is 0. The van der Waals surface area contributed by atoms with Gasteiger partial charge in [-0.05, 0) is 80.8 Å². The van der Waals surface area contributed by atoms with E-state index in [1.165, 1.54) is 12.8 Å². The van der Waals surface area contributed by atoms with Crippen LogP contribution in [0, 0.1) is 5.92 Å². The van der Waals surface area contributed by atoms with Gasteiger partial charge in [-0.15, -0.1) is 0 Å². The third-order valence-corrected chi connectivity index (χ3v) is 5.51. The molecule has 5 heteroatoms. The van der Waals surface area contributed by atoms with Gasteiger partial charge in [-0.3, -0.25) is 9.59 Å². The molecule has 5 nitrogen and oxygen atoms in total. The summed E-state index contributed by atoms with van der Waals surface area (Å²) in [5.74, 6) is 1.07. The molecule has 2 aromatic rings. The van der Waals surface area contributed by atoms with Crippen molar-refractivity contribution < 1.29 is 14.3 Å². The number of nitrogens with one attached hydrogen (secondary N) is 2. The molecular weight excluding hydrogens is 364 g/mol. The van der Waals surface area contributed by atoms with Gasteiger partial charge in [-0.2, -0.15) is 0 Å². The maximum Gasteiger partial charge on any atom is 0.227 e. The predicted octanol–water partition coefficient (Wildman–Crippen LogP) is 4.93. The second kappa shape index (κ2) is 9.12. The molecule has 2 N–H and O–H groups in total. The highest BCUT2D eigenvalue weighted by atomic mass is 16.5. The van der Waals surface area contributed by atoms with E-state index in [0.29, 0.717) is 24.6 Å². The molecule has 2 amide bonds. The first-order chi connectivity index (χ1) is 14.2. The standard InChI is InChI=1S/C24H28N2O3/c27-23(25-19-6-4-7-20(16-19)26-24(28)18-12-13-18)14-11-17-5-3-10-22(15-17)29-21-8-1-2-9-21/h3-7,10,15-16,18,21H,1-2,8-9,11-14H2,(H,25,27)(H,26,28). The van der Waals surface area contributed by atoms with Gasteiger partial charge in [-0.1, -0.05) is 18.2 Å². The van der Waals surface area contributed by atoms with E-state index < -0.39 is 0 Å². The third kappa shape index (κ3) is 5.83. The molecular formula is C24H28N2O3. The number of aryl methyl sites for hydroxylation is 1. The molecule has 0 bridgehead atoms. The third-order valence-electron chi connectivity index (χ3n) is 5.51. The normalized spacial score (nSPS) is 16.4. The van der Waals surface area contributed by atoms with Crippen LogP contribution in [0.4, 0.5) is 11.4 Å². The molecule has 0 aromatic heterocycles. The van der Waals surface area contributed by atoms with Crippen molar-refractivity contribution >= 4 is 23.2 Å². The first-order valence-corrected chi connectivity index (χ1v) is 10.6. The molecule has 2 aliphatic carbocycles. The first-order valence-electron chi connectivity index (χ1n) is 10.6. The Balaban J connectivity index is 1.27. The van der Waals surface area contributed by atoms with Crippen molar-refractivity contribution in [1.29, 1.82) is 0 Å². The molecule has 2 aromatic carbocycles. The lowest BCUT2D eigenvalue weighted by molar-refractivity contribution is -0.117. The fourth-order valence-electron chi connectivity index (χ4n) is 3.72. The number of ether oxygens (including phenoxy) is 1. The maximum atomic E-state index is 12.4. The van der Waals surface area contributed by atoms with Crippen LogP contribution in [0.15, 0.2) is 48.5 Å². The average molecular weight is 392 g/mol. The number of hydrogen-bond acceptors (Lipinski definition) is 3. The summed E-state index contributed by atoms with van der Waals surface area (Å²) in [7, 11) is 0. The molecule has 2 fully saturated rings. The Morgan fingerprint density at radius 3 is 2.38 bits per heavy atom. The fraction of sp³-hybridized carbons (Fsp3) is 0.417. The van der Waals surface area contributed by atoms with Crippen molar-refractivity contribution in [2.24, 2.45) is 5.92 Å². The Bertz CT molecular complexity index is 870. The highest BCUT2D eigenvalue weighted by Crippen LogP contribution is 2.30. The minimum absolute atomic E-state index is 0.0437. The number of amides is 2. The monoisotopic (exact) mass is 392 g/mol. The molecule has 0 atom stereocenters. The van der Waals surface area contributed by atoms with E-state index in [0.717, 1.165) is 42.7 Å². The van der Waals surface area contributed by atoms with E-state index in [9.17, 15) is 9.59 Å². The van der Waals surface area contributed by atoms with Crippen molar-refractivity contribution in [2.75, 3.05) is 10.6 Å². The molecule has 0 aliphatic heterocycles. The minimum Gasteiger partial charge on any atom is -0.490 e. The van der Waals surface area contributed by atoms with E-state index in [2.05, 4.69) is 10.6 Å². The molecule has 0 radical (unpaired) electrons. The Hall–Kier alpha value is -2.82. The van der Waals surface area contributed by atoms with E-state index in [1.807, 2.05) is 42.5 Å². The van der Waals surface area contributed by atoms with Crippen LogP contribution in [0.3, 0.4) is 0 Å². The Labute approximate surface area is 171 Å². The van der Waals surface area contributed by atoms with Gasteiger partial charge in [0.25, 0.3) is 0 Å². The fourth-order valence-corrected chi connectivity index (χ4v) is 3.72. The van der Waals surface area contributed by atoms with E-state index in [4.69, 9.17) is 4.74 Å². The number of hydrogen-bond donors (Lipinski definition) is 2. The summed E-state index contributed by atoms with van der Waals surface area (Å²) in [6.07, 6.45) is 8.08. The summed E-state index contributed by atoms with van der Waals surface area (Å²) >= 11 is 0. The zero-order valence-electron chi connectivity index (χ0n) is 16.7. The number of carbonyl (C=O) groups excluding carboxylic acids is 2. The van der Waals surface area contributed by atoms with Gasteiger partial charge in [0, 0.05) is 23.7 Å². The first kappa shape index (κ1) is 19.5. The van der Waals surface area contributed by atoms with Crippen molar-refractivity contribution in [2.45, 2.75) is 57.5 Å². The molecule has 29 heavy (non-hydrogen) atoms. The highest BCUT2D eigenvalue weighted by Gasteiger charge is 2.29. The average Bonchev–Trinajstić information content (AvgIpc) is 3.45. The zero-order chi connectivity index (χ0) is 20.1. The topological polar surface area (TPSA) is 67.4 Å². The van der Waals surface area contributed by atoms with Crippen LogP contribution < -0.4 is 15.4 Å². The van der Waals surface area contributed by atoms with Crippen molar-refractivity contribution in [3.63, 3.8) is 0 Å². The molecule has 0 unspecified atom stereocenters. The van der Waals surface area contributed by atoms with E-state index >= 15 is 0 Å². The lowest BCUT2D eigenvalue weighted by atomic mass is 10.1. The van der Waals surface area contributed by atoms with Crippen molar-refractivity contribution in [1.82, 2.24) is 0 Å². The SMILES string of the molecule is O=C(CCc1cccc(OC2CCCC2)c1)Nc1cccc(NC(=O)C2CC2)c1. The van der Waals surface area contributed by atoms with Gasteiger partial charge in [0.1, 0.15) is 5.75 Å². The van der Waals surface area contributed by atoms with Crippen molar-refractivity contribution in [3.8, 4) is 5.75 Å². The van der Waals surface area contributed by atoms with E-state index in [1.54, 1.807) is 6.07 Å². The van der Waals surface area contributed by atoms with E-state index in [-0.39, 0.29) is 17.7 Å². The van der Waals surface area contributed by atoms with Crippen LogP contribution in [-0.4, -0.2) is 17.9 Å². The number of anilines is 2. The summed E-state index contributed by atoms with van der Waals surface area (Å²) in [4.78, 5) is 24.3. The Kier molecular flexibility index (Phi) is 6.13. The van der Waals surface area contributed by atoms with Crippen LogP contribution in [-0.2, 0) is 16.0 Å². The molecule has 0 saturated heterocycles. The quantitative estimate of drug-likeness (QED) is 0.669. The van der Waals surface area contributed by atoms with Gasteiger partial charge in [0.15, 0.2) is 0 Å². The molecule has 152 valence electrons. The Morgan fingerprint density at radius 2 is 1.62 bits per heavy atom. The lowest BCUT2D eigenvalue weighted by Gasteiger charge is -2.14. The van der Waals surface area contributed by atoms with Crippen LogP contribution in [0.5, 0.6) is 5.75 Å². The molecule has 4 rings (SSSR count). The van der Waals surface area contributed by atoms with Gasteiger partial charge >= 0.3 is 0 Å². The van der Waals surface area contributed by atoms with Crippen LogP contribution in [0.25, 0.3) is 0 Å². The molecule has 2 saturated carbocycles. The van der Waals surface area contributed by atoms with Gasteiger partial charge in [0.2, 0.25) is 11.8 Å². The number of rotatable bonds is 8.